The number of hydrogen-bond acceptors (Lipinski definition) is 4. The quantitative estimate of drug-likeness (QED) is 0.521. The third kappa shape index (κ3) is 2.30. The Bertz CT molecular complexity index is 446. The second kappa shape index (κ2) is 4.93. The number of benzene rings is 1. The number of halogens is 1. The molecule has 86 valence electrons. The fourth-order valence-corrected chi connectivity index (χ4v) is 1.58. The average molecular weight is 290 g/mol. The van der Waals surface area contributed by atoms with Crippen molar-refractivity contribution in [1.82, 2.24) is 0 Å². The first-order chi connectivity index (χ1) is 7.51. The molecule has 0 heterocycles. The zero-order valence-corrected chi connectivity index (χ0v) is 9.85. The summed E-state index contributed by atoms with van der Waals surface area (Å²) in [6.45, 7) is 0. The van der Waals surface area contributed by atoms with Crippen molar-refractivity contribution in [3.05, 3.63) is 33.4 Å². The average Bonchev–Trinajstić information content (AvgIpc) is 2.26. The van der Waals surface area contributed by atoms with Crippen LogP contribution in [-0.4, -0.2) is 23.1 Å². The van der Waals surface area contributed by atoms with Crippen molar-refractivity contribution >= 4 is 27.6 Å². The topological polar surface area (TPSA) is 89.7 Å². The molecule has 0 saturated carbocycles. The summed E-state index contributed by atoms with van der Waals surface area (Å²) in [4.78, 5) is 20.9. The van der Waals surface area contributed by atoms with Gasteiger partial charge in [0.1, 0.15) is 5.75 Å². The standard InChI is InChI=1S/C9H8BrNO5/c1-16-7-3-5(4-10)2-6(11(14)15)8(7)9(12)13/h2-3H,4H2,1H3,(H,12,13). The molecule has 0 aliphatic rings. The van der Waals surface area contributed by atoms with Gasteiger partial charge in [-0.15, -0.1) is 0 Å². The lowest BCUT2D eigenvalue weighted by Crippen LogP contribution is -2.06. The summed E-state index contributed by atoms with van der Waals surface area (Å²) in [5, 5.41) is 20.0. The Morgan fingerprint density at radius 3 is 2.62 bits per heavy atom. The number of hydrogen-bond donors (Lipinski definition) is 1. The molecule has 0 fully saturated rings. The van der Waals surface area contributed by atoms with Gasteiger partial charge in [-0.3, -0.25) is 10.1 Å². The number of ether oxygens (including phenoxy) is 1. The van der Waals surface area contributed by atoms with Crippen molar-refractivity contribution in [1.29, 1.82) is 0 Å². The van der Waals surface area contributed by atoms with Crippen LogP contribution in [0.3, 0.4) is 0 Å². The molecule has 1 aromatic carbocycles. The predicted molar refractivity (Wildman–Crippen MR) is 59.2 cm³/mol. The van der Waals surface area contributed by atoms with Crippen LogP contribution in [0, 0.1) is 10.1 Å². The summed E-state index contributed by atoms with van der Waals surface area (Å²) in [6, 6.07) is 2.66. The molecule has 1 aromatic rings. The fraction of sp³-hybridized carbons (Fsp3) is 0.222. The van der Waals surface area contributed by atoms with Gasteiger partial charge < -0.3 is 9.84 Å². The first-order valence-electron chi connectivity index (χ1n) is 4.15. The normalized spacial score (nSPS) is 9.88. The molecule has 7 heteroatoms. The lowest BCUT2D eigenvalue weighted by Gasteiger charge is -2.07. The van der Waals surface area contributed by atoms with Crippen LogP contribution >= 0.6 is 15.9 Å². The third-order valence-electron chi connectivity index (χ3n) is 1.93. The molecule has 1 rings (SSSR count). The number of carboxylic acids is 1. The number of methoxy groups -OCH3 is 1. The van der Waals surface area contributed by atoms with Crippen LogP contribution in [0.1, 0.15) is 15.9 Å². The summed E-state index contributed by atoms with van der Waals surface area (Å²) in [7, 11) is 1.27. The first kappa shape index (κ1) is 12.4. The zero-order chi connectivity index (χ0) is 12.3. The molecule has 0 bridgehead atoms. The van der Waals surface area contributed by atoms with E-state index in [4.69, 9.17) is 9.84 Å². The maximum atomic E-state index is 10.9. The Morgan fingerprint density at radius 1 is 1.62 bits per heavy atom. The van der Waals surface area contributed by atoms with E-state index in [1.165, 1.54) is 19.2 Å². The molecule has 0 aliphatic carbocycles. The highest BCUT2D eigenvalue weighted by Crippen LogP contribution is 2.31. The zero-order valence-electron chi connectivity index (χ0n) is 8.27. The predicted octanol–water partition coefficient (Wildman–Crippen LogP) is 2.20. The minimum Gasteiger partial charge on any atom is -0.496 e. The second-order valence-corrected chi connectivity index (χ2v) is 3.45. The van der Waals surface area contributed by atoms with Crippen molar-refractivity contribution in [3.8, 4) is 5.75 Å². The number of rotatable bonds is 4. The van der Waals surface area contributed by atoms with Gasteiger partial charge in [0.05, 0.1) is 12.0 Å². The molecular weight excluding hydrogens is 282 g/mol. The van der Waals surface area contributed by atoms with Gasteiger partial charge in [-0.1, -0.05) is 15.9 Å². The van der Waals surface area contributed by atoms with Crippen LogP contribution in [0.2, 0.25) is 0 Å². The van der Waals surface area contributed by atoms with E-state index in [1.54, 1.807) is 0 Å². The molecule has 0 aliphatic heterocycles. The van der Waals surface area contributed by atoms with Gasteiger partial charge in [-0.25, -0.2) is 4.79 Å². The van der Waals surface area contributed by atoms with Gasteiger partial charge >= 0.3 is 5.97 Å². The Kier molecular flexibility index (Phi) is 3.83. The van der Waals surface area contributed by atoms with E-state index in [2.05, 4.69) is 15.9 Å². The molecular formula is C9H8BrNO5. The van der Waals surface area contributed by atoms with Crippen LogP contribution < -0.4 is 4.74 Å². The Balaban J connectivity index is 3.53. The van der Waals surface area contributed by atoms with Gasteiger partial charge in [0.2, 0.25) is 0 Å². The molecule has 0 atom stereocenters. The van der Waals surface area contributed by atoms with Crippen LogP contribution in [0.15, 0.2) is 12.1 Å². The molecule has 1 N–H and O–H groups in total. The Morgan fingerprint density at radius 2 is 2.25 bits per heavy atom. The molecule has 0 saturated heterocycles. The number of carbonyl (C=O) groups is 1. The van der Waals surface area contributed by atoms with Crippen LogP contribution in [0.25, 0.3) is 0 Å². The lowest BCUT2D eigenvalue weighted by atomic mass is 10.1. The third-order valence-corrected chi connectivity index (χ3v) is 2.57. The lowest BCUT2D eigenvalue weighted by molar-refractivity contribution is -0.385. The SMILES string of the molecule is COc1cc(CBr)cc([N+](=O)[O-])c1C(=O)O. The summed E-state index contributed by atoms with van der Waals surface area (Å²) < 4.78 is 4.83. The largest absolute Gasteiger partial charge is 0.496 e. The van der Waals surface area contributed by atoms with Crippen LogP contribution in [0.4, 0.5) is 5.69 Å². The van der Waals surface area contributed by atoms with Crippen molar-refractivity contribution in [3.63, 3.8) is 0 Å². The van der Waals surface area contributed by atoms with Crippen molar-refractivity contribution in [2.45, 2.75) is 5.33 Å². The van der Waals surface area contributed by atoms with E-state index in [9.17, 15) is 14.9 Å². The molecule has 6 nitrogen and oxygen atoms in total. The Labute approximate surface area is 99.1 Å². The van der Waals surface area contributed by atoms with Gasteiger partial charge in [-0.05, 0) is 11.6 Å². The summed E-state index contributed by atoms with van der Waals surface area (Å²) >= 11 is 3.14. The molecule has 0 radical (unpaired) electrons. The second-order valence-electron chi connectivity index (χ2n) is 2.89. The number of nitrogens with zero attached hydrogens (tertiary/aromatic N) is 1. The summed E-state index contributed by atoms with van der Waals surface area (Å²) in [6.07, 6.45) is 0. The number of nitro groups is 1. The van der Waals surface area contributed by atoms with E-state index in [0.29, 0.717) is 10.9 Å². The maximum absolute atomic E-state index is 10.9. The van der Waals surface area contributed by atoms with Gasteiger partial charge in [0.15, 0.2) is 5.56 Å². The van der Waals surface area contributed by atoms with Gasteiger partial charge in [0, 0.05) is 11.4 Å². The number of nitro benzene ring substituents is 1. The minimum absolute atomic E-state index is 0.0175. The van der Waals surface area contributed by atoms with E-state index in [-0.39, 0.29) is 5.75 Å². The molecule has 0 unspecified atom stereocenters. The van der Waals surface area contributed by atoms with Crippen LogP contribution in [0.5, 0.6) is 5.75 Å². The maximum Gasteiger partial charge on any atom is 0.346 e. The number of alkyl halides is 1. The number of aromatic carboxylic acids is 1. The van der Waals surface area contributed by atoms with Gasteiger partial charge in [0.25, 0.3) is 5.69 Å². The molecule has 0 spiro atoms. The highest BCUT2D eigenvalue weighted by molar-refractivity contribution is 9.08. The first-order valence-corrected chi connectivity index (χ1v) is 5.28. The van der Waals surface area contributed by atoms with E-state index < -0.39 is 22.1 Å². The smallest absolute Gasteiger partial charge is 0.346 e. The van der Waals surface area contributed by atoms with Gasteiger partial charge in [-0.2, -0.15) is 0 Å². The molecule has 0 amide bonds. The van der Waals surface area contributed by atoms with Crippen molar-refractivity contribution < 1.29 is 19.6 Å². The monoisotopic (exact) mass is 289 g/mol. The summed E-state index contributed by atoms with van der Waals surface area (Å²) in [5.74, 6) is -1.40. The fourth-order valence-electron chi connectivity index (χ4n) is 1.25. The van der Waals surface area contributed by atoms with E-state index in [1.807, 2.05) is 0 Å². The summed E-state index contributed by atoms with van der Waals surface area (Å²) in [5.41, 5.74) is -0.327. The highest BCUT2D eigenvalue weighted by atomic mass is 79.9. The Hall–Kier alpha value is -1.63. The highest BCUT2D eigenvalue weighted by Gasteiger charge is 2.25. The van der Waals surface area contributed by atoms with E-state index >= 15 is 0 Å². The van der Waals surface area contributed by atoms with Crippen LogP contribution in [-0.2, 0) is 5.33 Å². The number of carboxylic acid groups (broad SMARTS) is 1. The van der Waals surface area contributed by atoms with Crippen molar-refractivity contribution in [2.24, 2.45) is 0 Å². The molecule has 16 heavy (non-hydrogen) atoms. The minimum atomic E-state index is -1.38. The van der Waals surface area contributed by atoms with Crippen molar-refractivity contribution in [2.75, 3.05) is 7.11 Å². The molecule has 0 aromatic heterocycles. The van der Waals surface area contributed by atoms with E-state index in [0.717, 1.165) is 0 Å².